The number of pyridine rings is 1. The molecule has 0 aliphatic rings. The van der Waals surface area contributed by atoms with Gasteiger partial charge in [0.25, 0.3) is 5.91 Å². The topological polar surface area (TPSA) is 77.6 Å². The van der Waals surface area contributed by atoms with E-state index in [-0.39, 0.29) is 11.9 Å². The van der Waals surface area contributed by atoms with Gasteiger partial charge in [0.15, 0.2) is 5.65 Å². The van der Waals surface area contributed by atoms with E-state index >= 15 is 0 Å². The van der Waals surface area contributed by atoms with Crippen molar-refractivity contribution >= 4 is 33.7 Å². The second-order valence-corrected chi connectivity index (χ2v) is 7.83. The van der Waals surface area contributed by atoms with Gasteiger partial charge in [-0.25, -0.2) is 14.6 Å². The maximum atomic E-state index is 12.7. The summed E-state index contributed by atoms with van der Waals surface area (Å²) >= 11 is 0. The fraction of sp³-hybridized carbons (Fsp3) is 0.167. The smallest absolute Gasteiger partial charge is 0.257 e. The molecule has 0 aliphatic heterocycles. The summed E-state index contributed by atoms with van der Waals surface area (Å²) in [5.74, 6) is 0.679. The Balaban J connectivity index is 1.37. The molecule has 2 aromatic carbocycles. The Bertz CT molecular complexity index is 1410. The highest BCUT2D eigenvalue weighted by Crippen LogP contribution is 2.25. The molecule has 0 unspecified atom stereocenters. The number of hydrogen-bond acceptors (Lipinski definition) is 4. The van der Waals surface area contributed by atoms with Crippen molar-refractivity contribution in [2.75, 3.05) is 5.32 Å². The van der Waals surface area contributed by atoms with Crippen molar-refractivity contribution < 1.29 is 4.79 Å². The first-order chi connectivity index (χ1) is 15.0. The molecule has 0 saturated heterocycles. The monoisotopic (exact) mass is 410 g/mol. The third kappa shape index (κ3) is 3.34. The number of carbonyl (C=O) groups excluding carboxylic acids is 1. The molecule has 7 heteroatoms. The van der Waals surface area contributed by atoms with Gasteiger partial charge in [0.05, 0.1) is 22.8 Å². The van der Waals surface area contributed by atoms with Crippen LogP contribution >= 0.6 is 0 Å². The van der Waals surface area contributed by atoms with E-state index < -0.39 is 0 Å². The molecule has 3 aromatic heterocycles. The zero-order valence-corrected chi connectivity index (χ0v) is 17.6. The lowest BCUT2D eigenvalue weighted by molar-refractivity contribution is 0.102. The van der Waals surface area contributed by atoms with Crippen LogP contribution in [0.3, 0.4) is 0 Å². The molecule has 0 radical (unpaired) electrons. The molecule has 1 amide bonds. The second-order valence-electron chi connectivity index (χ2n) is 7.83. The lowest BCUT2D eigenvalue weighted by Crippen LogP contribution is -2.12. The molecule has 7 nitrogen and oxygen atoms in total. The number of rotatable bonds is 4. The van der Waals surface area contributed by atoms with Gasteiger partial charge in [0.2, 0.25) is 0 Å². The predicted octanol–water partition coefficient (Wildman–Crippen LogP) is 4.82. The van der Waals surface area contributed by atoms with Crippen LogP contribution in [0.15, 0.2) is 67.0 Å². The highest BCUT2D eigenvalue weighted by atomic mass is 16.1. The molecule has 0 saturated carbocycles. The molecular weight excluding hydrogens is 388 g/mol. The van der Waals surface area contributed by atoms with Crippen LogP contribution in [-0.2, 0) is 7.05 Å². The highest BCUT2D eigenvalue weighted by molar-refractivity contribution is 6.05. The largest absolute Gasteiger partial charge is 0.327 e. The number of aryl methyl sites for hydroxylation is 1. The van der Waals surface area contributed by atoms with E-state index in [2.05, 4.69) is 26.0 Å². The summed E-state index contributed by atoms with van der Waals surface area (Å²) in [7, 11) is 2.00. The first kappa shape index (κ1) is 19.0. The third-order valence-corrected chi connectivity index (χ3v) is 5.37. The van der Waals surface area contributed by atoms with E-state index in [1.165, 1.54) is 0 Å². The molecule has 0 atom stereocenters. The van der Waals surface area contributed by atoms with Crippen molar-refractivity contribution in [2.45, 2.75) is 19.9 Å². The third-order valence-electron chi connectivity index (χ3n) is 5.37. The van der Waals surface area contributed by atoms with Crippen LogP contribution in [0.2, 0.25) is 0 Å². The van der Waals surface area contributed by atoms with Gasteiger partial charge in [-0.05, 0) is 56.3 Å². The van der Waals surface area contributed by atoms with Crippen LogP contribution in [0, 0.1) is 0 Å². The summed E-state index contributed by atoms with van der Waals surface area (Å²) in [5.41, 5.74) is 5.01. The van der Waals surface area contributed by atoms with Gasteiger partial charge in [-0.15, -0.1) is 0 Å². The standard InChI is InChI=1S/C24H22N6O/c1-15(2)30-22-17(14-26-30)12-18(13-25-22)24(31)27-19-10-8-16(9-11-19)23-28-20-6-4-5-7-21(20)29(23)3/h4-15H,1-3H3,(H,27,31). The van der Waals surface area contributed by atoms with Gasteiger partial charge in [-0.2, -0.15) is 5.10 Å². The Labute approximate surface area is 179 Å². The Morgan fingerprint density at radius 2 is 1.81 bits per heavy atom. The van der Waals surface area contributed by atoms with Crippen LogP contribution in [0.25, 0.3) is 33.5 Å². The number of para-hydroxylation sites is 2. The molecule has 0 spiro atoms. The Morgan fingerprint density at radius 3 is 2.55 bits per heavy atom. The lowest BCUT2D eigenvalue weighted by atomic mass is 10.2. The molecule has 5 rings (SSSR count). The summed E-state index contributed by atoms with van der Waals surface area (Å²) in [6.45, 7) is 4.10. The summed E-state index contributed by atoms with van der Waals surface area (Å²) in [6, 6.07) is 17.8. The van der Waals surface area contributed by atoms with Crippen molar-refractivity contribution in [3.05, 3.63) is 72.6 Å². The summed E-state index contributed by atoms with van der Waals surface area (Å²) in [6.07, 6.45) is 3.33. The van der Waals surface area contributed by atoms with Crippen LogP contribution in [0.5, 0.6) is 0 Å². The van der Waals surface area contributed by atoms with E-state index in [1.54, 1.807) is 12.4 Å². The Kier molecular flexibility index (Phi) is 4.51. The van der Waals surface area contributed by atoms with E-state index in [0.717, 1.165) is 33.5 Å². The van der Waals surface area contributed by atoms with Crippen LogP contribution in [0.1, 0.15) is 30.2 Å². The van der Waals surface area contributed by atoms with Gasteiger partial charge < -0.3 is 9.88 Å². The minimum Gasteiger partial charge on any atom is -0.327 e. The van der Waals surface area contributed by atoms with Crippen molar-refractivity contribution in [2.24, 2.45) is 7.05 Å². The van der Waals surface area contributed by atoms with Crippen molar-refractivity contribution in [3.63, 3.8) is 0 Å². The number of hydrogen-bond donors (Lipinski definition) is 1. The van der Waals surface area contributed by atoms with Crippen molar-refractivity contribution in [1.29, 1.82) is 0 Å². The van der Waals surface area contributed by atoms with Crippen molar-refractivity contribution in [3.8, 4) is 11.4 Å². The molecule has 3 heterocycles. The minimum absolute atomic E-state index is 0.206. The molecular formula is C24H22N6O. The van der Waals surface area contributed by atoms with Crippen LogP contribution < -0.4 is 5.32 Å². The molecule has 0 aliphatic carbocycles. The highest BCUT2D eigenvalue weighted by Gasteiger charge is 2.13. The first-order valence-corrected chi connectivity index (χ1v) is 10.2. The van der Waals surface area contributed by atoms with E-state index in [4.69, 9.17) is 4.98 Å². The number of fused-ring (bicyclic) bond motifs is 2. The molecule has 0 bridgehead atoms. The normalized spacial score (nSPS) is 11.5. The minimum atomic E-state index is -0.206. The van der Waals surface area contributed by atoms with Gasteiger partial charge in [0, 0.05) is 35.9 Å². The second kappa shape index (κ2) is 7.36. The van der Waals surface area contributed by atoms with E-state index in [9.17, 15) is 4.79 Å². The summed E-state index contributed by atoms with van der Waals surface area (Å²) in [4.78, 5) is 21.9. The zero-order chi connectivity index (χ0) is 21.5. The van der Waals surface area contributed by atoms with Crippen LogP contribution in [0.4, 0.5) is 5.69 Å². The number of aromatic nitrogens is 5. The number of carbonyl (C=O) groups is 1. The summed E-state index contributed by atoms with van der Waals surface area (Å²) in [5, 5.41) is 8.14. The number of amides is 1. The zero-order valence-electron chi connectivity index (χ0n) is 17.6. The van der Waals surface area contributed by atoms with Crippen LogP contribution in [-0.4, -0.2) is 30.2 Å². The fourth-order valence-corrected chi connectivity index (χ4v) is 3.75. The number of imidazole rings is 1. The van der Waals surface area contributed by atoms with E-state index in [0.29, 0.717) is 11.3 Å². The molecule has 31 heavy (non-hydrogen) atoms. The van der Waals surface area contributed by atoms with Gasteiger partial charge in [0.1, 0.15) is 5.82 Å². The van der Waals surface area contributed by atoms with Gasteiger partial charge in [-0.3, -0.25) is 4.79 Å². The first-order valence-electron chi connectivity index (χ1n) is 10.2. The Hall–Kier alpha value is -4.00. The van der Waals surface area contributed by atoms with Gasteiger partial charge >= 0.3 is 0 Å². The number of nitrogens with zero attached hydrogens (tertiary/aromatic N) is 5. The maximum absolute atomic E-state index is 12.7. The number of nitrogens with one attached hydrogen (secondary N) is 1. The Morgan fingerprint density at radius 1 is 1.03 bits per heavy atom. The average Bonchev–Trinajstić information content (AvgIpc) is 3.35. The maximum Gasteiger partial charge on any atom is 0.257 e. The lowest BCUT2D eigenvalue weighted by Gasteiger charge is -2.08. The SMILES string of the molecule is CC(C)n1ncc2cc(C(=O)Nc3ccc(-c4nc5ccccc5n4C)cc3)cnc21. The van der Waals surface area contributed by atoms with Crippen molar-refractivity contribution in [1.82, 2.24) is 24.3 Å². The molecule has 0 fully saturated rings. The summed E-state index contributed by atoms with van der Waals surface area (Å²) < 4.78 is 3.91. The van der Waals surface area contributed by atoms with Gasteiger partial charge in [-0.1, -0.05) is 12.1 Å². The number of anilines is 1. The average molecular weight is 410 g/mol. The molecule has 1 N–H and O–H groups in total. The fourth-order valence-electron chi connectivity index (χ4n) is 3.75. The molecule has 154 valence electrons. The number of benzene rings is 2. The molecule has 5 aromatic rings. The quantitative estimate of drug-likeness (QED) is 0.461. The predicted molar refractivity (Wildman–Crippen MR) is 122 cm³/mol. The van der Waals surface area contributed by atoms with E-state index in [1.807, 2.05) is 74.1 Å².